The first kappa shape index (κ1) is 37.4. The van der Waals surface area contributed by atoms with E-state index in [0.717, 1.165) is 26.2 Å². The van der Waals surface area contributed by atoms with E-state index in [4.69, 9.17) is 30.5 Å². The van der Waals surface area contributed by atoms with Gasteiger partial charge in [0.25, 0.3) is 0 Å². The molecule has 0 aromatic heterocycles. The molecular formula is C31H36ClFINO6. The van der Waals surface area contributed by atoms with Crippen molar-refractivity contribution in [1.29, 1.82) is 0 Å². The van der Waals surface area contributed by atoms with E-state index >= 15 is 0 Å². The number of nitro groups is 1. The molecule has 0 atom stereocenters. The molecule has 0 aliphatic heterocycles. The molecule has 222 valence electrons. The molecule has 0 amide bonds. The zero-order valence-electron chi connectivity index (χ0n) is 23.1. The number of aryl methyl sites for hydroxylation is 2. The predicted octanol–water partition coefficient (Wildman–Crippen LogP) is 9.34. The van der Waals surface area contributed by atoms with Gasteiger partial charge in [-0.2, -0.15) is 0 Å². The van der Waals surface area contributed by atoms with Crippen molar-refractivity contribution >= 4 is 39.9 Å². The summed E-state index contributed by atoms with van der Waals surface area (Å²) in [6.07, 6.45) is 0. The molecule has 0 unspecified atom stereocenters. The third-order valence-corrected chi connectivity index (χ3v) is 6.14. The first-order valence-electron chi connectivity index (χ1n) is 11.7. The van der Waals surface area contributed by atoms with Crippen LogP contribution in [-0.4, -0.2) is 33.4 Å². The fourth-order valence-corrected chi connectivity index (χ4v) is 3.85. The Hall–Kier alpha value is -3.57. The lowest BCUT2D eigenvalue weighted by molar-refractivity contribution is -0.385. The lowest BCUT2D eigenvalue weighted by Gasteiger charge is -2.01. The molecule has 0 fully saturated rings. The summed E-state index contributed by atoms with van der Waals surface area (Å²) in [5.74, 6) is 1.95. The molecule has 4 aromatic carbocycles. The summed E-state index contributed by atoms with van der Waals surface area (Å²) in [7, 11) is 6.14. The van der Waals surface area contributed by atoms with Crippen molar-refractivity contribution in [3.05, 3.63) is 121 Å². The molecule has 0 aliphatic rings. The average molecular weight is 700 g/mol. The zero-order chi connectivity index (χ0) is 30.1. The molecule has 0 bridgehead atoms. The summed E-state index contributed by atoms with van der Waals surface area (Å²) < 4.78 is 33.4. The second-order valence-corrected chi connectivity index (χ2v) is 9.41. The lowest BCUT2D eigenvalue weighted by Crippen LogP contribution is -1.92. The summed E-state index contributed by atoms with van der Waals surface area (Å²) in [5, 5.41) is 11.0. The number of hydrogen-bond acceptors (Lipinski definition) is 6. The van der Waals surface area contributed by atoms with Gasteiger partial charge in [-0.05, 0) is 90.0 Å². The maximum absolute atomic E-state index is 12.7. The number of ether oxygens (including phenoxy) is 4. The summed E-state index contributed by atoms with van der Waals surface area (Å²) in [6, 6.07) is 24.7. The van der Waals surface area contributed by atoms with E-state index in [1.54, 1.807) is 38.5 Å². The van der Waals surface area contributed by atoms with E-state index in [1.165, 1.54) is 26.4 Å². The Morgan fingerprint density at radius 2 is 1.17 bits per heavy atom. The van der Waals surface area contributed by atoms with Crippen molar-refractivity contribution in [2.75, 3.05) is 28.4 Å². The molecule has 4 rings (SSSR count). The van der Waals surface area contributed by atoms with Crippen molar-refractivity contribution in [1.82, 2.24) is 0 Å². The van der Waals surface area contributed by atoms with Crippen molar-refractivity contribution in [2.24, 2.45) is 0 Å². The van der Waals surface area contributed by atoms with Crippen LogP contribution in [-0.2, 0) is 0 Å². The van der Waals surface area contributed by atoms with E-state index in [-0.39, 0.29) is 24.7 Å². The summed E-state index contributed by atoms with van der Waals surface area (Å²) >= 11 is 8.04. The van der Waals surface area contributed by atoms with E-state index in [0.29, 0.717) is 10.8 Å². The van der Waals surface area contributed by atoms with Crippen molar-refractivity contribution < 1.29 is 28.3 Å². The molecule has 0 aliphatic carbocycles. The standard InChI is InChI=1S/C8H9ClO.C8H9FO.C7H7IO.C7H7NO3.CH4/c2*1-6-3-4-8(10-2)7(9)5-6;1-9-7-5-3-2-4-6(7)8;1-11-7-5-3-2-4-6(7)8(9)10;/h2*3-5H,1-2H3;2-5H,1H3;2-5H,1H3;1H4. The first-order chi connectivity index (χ1) is 19.1. The largest absolute Gasteiger partial charge is 0.496 e. The highest BCUT2D eigenvalue weighted by Crippen LogP contribution is 2.25. The van der Waals surface area contributed by atoms with Crippen LogP contribution in [0.5, 0.6) is 23.0 Å². The van der Waals surface area contributed by atoms with Crippen LogP contribution in [0.2, 0.25) is 5.02 Å². The van der Waals surface area contributed by atoms with Gasteiger partial charge in [0.15, 0.2) is 17.3 Å². The van der Waals surface area contributed by atoms with Gasteiger partial charge < -0.3 is 18.9 Å². The second-order valence-electron chi connectivity index (χ2n) is 7.84. The molecule has 0 saturated heterocycles. The van der Waals surface area contributed by atoms with Gasteiger partial charge in [-0.3, -0.25) is 10.1 Å². The number of methoxy groups -OCH3 is 4. The van der Waals surface area contributed by atoms with Crippen LogP contribution < -0.4 is 18.9 Å². The van der Waals surface area contributed by atoms with Crippen LogP contribution in [0.1, 0.15) is 18.6 Å². The predicted molar refractivity (Wildman–Crippen MR) is 173 cm³/mol. The van der Waals surface area contributed by atoms with Crippen molar-refractivity contribution in [3.63, 3.8) is 0 Å². The number of nitro benzene ring substituents is 1. The molecule has 41 heavy (non-hydrogen) atoms. The summed E-state index contributed by atoms with van der Waals surface area (Å²) in [5.41, 5.74) is 2.04. The Morgan fingerprint density at radius 3 is 1.59 bits per heavy atom. The van der Waals surface area contributed by atoms with E-state index in [9.17, 15) is 14.5 Å². The van der Waals surface area contributed by atoms with Crippen LogP contribution >= 0.6 is 34.2 Å². The number of para-hydroxylation sites is 3. The topological polar surface area (TPSA) is 80.1 Å². The summed E-state index contributed by atoms with van der Waals surface area (Å²) in [4.78, 5) is 9.83. The maximum Gasteiger partial charge on any atom is 0.310 e. The van der Waals surface area contributed by atoms with E-state index in [2.05, 4.69) is 22.6 Å². The Balaban J connectivity index is 0.000000517. The number of rotatable bonds is 5. The summed E-state index contributed by atoms with van der Waals surface area (Å²) in [6.45, 7) is 3.83. The Kier molecular flexibility index (Phi) is 18.6. The van der Waals surface area contributed by atoms with Crippen LogP contribution in [0, 0.1) is 33.3 Å². The molecular weight excluding hydrogens is 664 g/mol. The number of nitrogens with zero attached hydrogens (tertiary/aromatic N) is 1. The van der Waals surface area contributed by atoms with Gasteiger partial charge in [0.05, 0.1) is 42.0 Å². The molecule has 0 saturated carbocycles. The highest BCUT2D eigenvalue weighted by Gasteiger charge is 2.11. The second kappa shape index (κ2) is 20.3. The molecule has 4 aromatic rings. The van der Waals surface area contributed by atoms with E-state index < -0.39 is 4.92 Å². The Labute approximate surface area is 260 Å². The van der Waals surface area contributed by atoms with Gasteiger partial charge in [0.2, 0.25) is 0 Å². The minimum atomic E-state index is -0.473. The van der Waals surface area contributed by atoms with Crippen molar-refractivity contribution in [2.45, 2.75) is 21.3 Å². The zero-order valence-corrected chi connectivity index (χ0v) is 26.0. The molecule has 0 N–H and O–H groups in total. The van der Waals surface area contributed by atoms with Crippen LogP contribution in [0.3, 0.4) is 0 Å². The number of hydrogen-bond donors (Lipinski definition) is 0. The highest BCUT2D eigenvalue weighted by atomic mass is 127. The van der Waals surface area contributed by atoms with Crippen LogP contribution in [0.4, 0.5) is 10.1 Å². The molecule has 0 radical (unpaired) electrons. The molecule has 0 spiro atoms. The fourth-order valence-electron chi connectivity index (χ4n) is 2.93. The average Bonchev–Trinajstić information content (AvgIpc) is 2.94. The maximum atomic E-state index is 12.7. The minimum absolute atomic E-state index is 0. The number of benzene rings is 4. The van der Waals surface area contributed by atoms with Crippen LogP contribution in [0.15, 0.2) is 84.9 Å². The van der Waals surface area contributed by atoms with Gasteiger partial charge in [0, 0.05) is 6.07 Å². The number of halogens is 3. The quantitative estimate of drug-likeness (QED) is 0.117. The van der Waals surface area contributed by atoms with Gasteiger partial charge in [0.1, 0.15) is 11.5 Å². The van der Waals surface area contributed by atoms with Crippen LogP contribution in [0.25, 0.3) is 0 Å². The van der Waals surface area contributed by atoms with Gasteiger partial charge in [-0.15, -0.1) is 0 Å². The SMILES string of the molecule is C.COc1ccc(C)cc1Cl.COc1ccc(C)cc1F.COc1ccccc1I.COc1ccccc1[N+](=O)[O-]. The monoisotopic (exact) mass is 699 g/mol. The highest BCUT2D eigenvalue weighted by molar-refractivity contribution is 14.1. The third kappa shape index (κ3) is 13.6. The Morgan fingerprint density at radius 1 is 0.707 bits per heavy atom. The van der Waals surface area contributed by atoms with Crippen molar-refractivity contribution in [3.8, 4) is 23.0 Å². The molecule has 10 heteroatoms. The fraction of sp³-hybridized carbons (Fsp3) is 0.226. The Bertz CT molecular complexity index is 1300. The van der Waals surface area contributed by atoms with E-state index in [1.807, 2.05) is 62.4 Å². The lowest BCUT2D eigenvalue weighted by atomic mass is 10.2. The normalized spacial score (nSPS) is 9.10. The molecule has 0 heterocycles. The first-order valence-corrected chi connectivity index (χ1v) is 13.2. The third-order valence-electron chi connectivity index (χ3n) is 4.95. The van der Waals surface area contributed by atoms with Gasteiger partial charge in [-0.25, -0.2) is 4.39 Å². The minimum Gasteiger partial charge on any atom is -0.496 e. The van der Waals surface area contributed by atoms with Gasteiger partial charge >= 0.3 is 5.69 Å². The van der Waals surface area contributed by atoms with Gasteiger partial charge in [-0.1, -0.05) is 55.4 Å². The smallest absolute Gasteiger partial charge is 0.310 e. The molecule has 7 nitrogen and oxygen atoms in total.